The minimum atomic E-state index is -3.59. The second kappa shape index (κ2) is 7.13. The fourth-order valence-corrected chi connectivity index (χ4v) is 4.27. The monoisotopic (exact) mass is 328 g/mol. The van der Waals surface area contributed by atoms with E-state index in [0.29, 0.717) is 12.1 Å². The van der Waals surface area contributed by atoms with Gasteiger partial charge in [0, 0.05) is 18.0 Å². The molecule has 0 saturated carbocycles. The first kappa shape index (κ1) is 16.1. The van der Waals surface area contributed by atoms with Crippen LogP contribution in [0, 0.1) is 5.82 Å². The minimum Gasteiger partial charge on any atom is -0.312 e. The topological polar surface area (TPSA) is 58.2 Å². The predicted molar refractivity (Wildman–Crippen MR) is 82.1 cm³/mol. The molecule has 0 unspecified atom stereocenters. The summed E-state index contributed by atoms with van der Waals surface area (Å²) >= 11 is 1.40. The van der Waals surface area contributed by atoms with Crippen LogP contribution in [-0.4, -0.2) is 15.0 Å². The third-order valence-electron chi connectivity index (χ3n) is 2.88. The Morgan fingerprint density at radius 3 is 2.76 bits per heavy atom. The molecule has 0 bridgehead atoms. The van der Waals surface area contributed by atoms with Crippen molar-refractivity contribution >= 4 is 21.4 Å². The van der Waals surface area contributed by atoms with Crippen molar-refractivity contribution in [2.75, 3.05) is 6.54 Å². The molecule has 0 aliphatic rings. The summed E-state index contributed by atoms with van der Waals surface area (Å²) in [6.07, 6.45) is 0. The van der Waals surface area contributed by atoms with Crippen LogP contribution in [0.2, 0.25) is 0 Å². The van der Waals surface area contributed by atoms with E-state index >= 15 is 0 Å². The van der Waals surface area contributed by atoms with Crippen molar-refractivity contribution in [1.82, 2.24) is 10.0 Å². The molecule has 2 aromatic rings. The van der Waals surface area contributed by atoms with Crippen molar-refractivity contribution in [3.63, 3.8) is 0 Å². The number of rotatable bonds is 7. The average molecular weight is 328 g/mol. The molecule has 1 aromatic carbocycles. The smallest absolute Gasteiger partial charge is 0.242 e. The molecule has 4 nitrogen and oxygen atoms in total. The summed E-state index contributed by atoms with van der Waals surface area (Å²) in [5.41, 5.74) is 0.585. The van der Waals surface area contributed by atoms with E-state index in [4.69, 9.17) is 0 Å². The first-order chi connectivity index (χ1) is 10.0. The van der Waals surface area contributed by atoms with Gasteiger partial charge in [0.2, 0.25) is 10.0 Å². The number of sulfonamides is 1. The van der Waals surface area contributed by atoms with E-state index in [2.05, 4.69) is 10.0 Å². The number of hydrogen-bond donors (Lipinski definition) is 2. The summed E-state index contributed by atoms with van der Waals surface area (Å²) in [6, 6.07) is 7.46. The van der Waals surface area contributed by atoms with Crippen LogP contribution >= 0.6 is 11.3 Å². The van der Waals surface area contributed by atoms with Crippen LogP contribution in [0.4, 0.5) is 4.39 Å². The first-order valence-electron chi connectivity index (χ1n) is 6.54. The van der Waals surface area contributed by atoms with Gasteiger partial charge in [-0.1, -0.05) is 19.1 Å². The van der Waals surface area contributed by atoms with Gasteiger partial charge in [-0.15, -0.1) is 11.3 Å². The molecule has 1 heterocycles. The lowest BCUT2D eigenvalue weighted by Crippen LogP contribution is -2.24. The van der Waals surface area contributed by atoms with E-state index in [9.17, 15) is 12.8 Å². The Morgan fingerprint density at radius 2 is 2.05 bits per heavy atom. The average Bonchev–Trinajstić information content (AvgIpc) is 2.92. The fourth-order valence-electron chi connectivity index (χ4n) is 1.84. The van der Waals surface area contributed by atoms with Crippen molar-refractivity contribution in [2.24, 2.45) is 0 Å². The van der Waals surface area contributed by atoms with Gasteiger partial charge in [0.1, 0.15) is 5.82 Å². The molecule has 2 rings (SSSR count). The lowest BCUT2D eigenvalue weighted by molar-refractivity contribution is 0.578. The minimum absolute atomic E-state index is 0.0661. The summed E-state index contributed by atoms with van der Waals surface area (Å²) in [6.45, 7) is 3.32. The summed E-state index contributed by atoms with van der Waals surface area (Å²) in [5.74, 6) is -0.380. The van der Waals surface area contributed by atoms with Gasteiger partial charge in [-0.3, -0.25) is 0 Å². The number of hydrogen-bond acceptors (Lipinski definition) is 4. The van der Waals surface area contributed by atoms with Gasteiger partial charge < -0.3 is 5.32 Å². The molecule has 0 aliphatic carbocycles. The molecular weight excluding hydrogens is 311 g/mol. The molecule has 0 saturated heterocycles. The Balaban J connectivity index is 2.10. The number of thiophene rings is 1. The van der Waals surface area contributed by atoms with Crippen molar-refractivity contribution in [3.05, 3.63) is 52.0 Å². The summed E-state index contributed by atoms with van der Waals surface area (Å²) < 4.78 is 40.2. The molecule has 7 heteroatoms. The lowest BCUT2D eigenvalue weighted by Gasteiger charge is -2.08. The molecule has 0 spiro atoms. The van der Waals surface area contributed by atoms with Gasteiger partial charge in [0.25, 0.3) is 0 Å². The molecule has 0 radical (unpaired) electrons. The van der Waals surface area contributed by atoms with Gasteiger partial charge in [-0.05, 0) is 35.7 Å². The maximum Gasteiger partial charge on any atom is 0.242 e. The van der Waals surface area contributed by atoms with Crippen LogP contribution in [-0.2, 0) is 23.1 Å². The Bertz CT molecular complexity index is 699. The zero-order chi connectivity index (χ0) is 15.3. The third kappa shape index (κ3) is 4.34. The van der Waals surface area contributed by atoms with Crippen molar-refractivity contribution < 1.29 is 12.8 Å². The highest BCUT2D eigenvalue weighted by Gasteiger charge is 2.19. The molecule has 21 heavy (non-hydrogen) atoms. The van der Waals surface area contributed by atoms with Crippen molar-refractivity contribution in [1.29, 1.82) is 0 Å². The Kier molecular flexibility index (Phi) is 5.46. The Hall–Kier alpha value is -1.28. The van der Waals surface area contributed by atoms with Gasteiger partial charge in [0.05, 0.1) is 4.90 Å². The fraction of sp³-hybridized carbons (Fsp3) is 0.286. The van der Waals surface area contributed by atoms with Gasteiger partial charge >= 0.3 is 0 Å². The van der Waals surface area contributed by atoms with Gasteiger partial charge in [-0.2, -0.15) is 0 Å². The maximum atomic E-state index is 13.1. The summed E-state index contributed by atoms with van der Waals surface area (Å²) in [5, 5.41) is 4.87. The van der Waals surface area contributed by atoms with Crippen LogP contribution in [0.15, 0.2) is 40.6 Å². The SMILES string of the molecule is CCNCc1sccc1S(=O)(=O)NCc1cccc(F)c1. The lowest BCUT2D eigenvalue weighted by atomic mass is 10.2. The molecule has 2 N–H and O–H groups in total. The van der Waals surface area contributed by atoms with Crippen LogP contribution in [0.1, 0.15) is 17.4 Å². The second-order valence-corrected chi connectivity index (χ2v) is 7.18. The van der Waals surface area contributed by atoms with E-state index in [-0.39, 0.29) is 17.3 Å². The summed E-state index contributed by atoms with van der Waals surface area (Å²) in [7, 11) is -3.59. The Morgan fingerprint density at radius 1 is 1.24 bits per heavy atom. The van der Waals surface area contributed by atoms with E-state index in [0.717, 1.165) is 11.4 Å². The third-order valence-corrected chi connectivity index (χ3v) is 5.42. The quantitative estimate of drug-likeness (QED) is 0.821. The summed E-state index contributed by atoms with van der Waals surface area (Å²) in [4.78, 5) is 1.05. The highest BCUT2D eigenvalue weighted by molar-refractivity contribution is 7.89. The van der Waals surface area contributed by atoms with E-state index in [1.807, 2.05) is 6.92 Å². The van der Waals surface area contributed by atoms with Crippen LogP contribution in [0.3, 0.4) is 0 Å². The predicted octanol–water partition coefficient (Wildman–Crippen LogP) is 2.48. The van der Waals surface area contributed by atoms with E-state index in [1.54, 1.807) is 23.6 Å². The molecular formula is C14H17FN2O2S2. The van der Waals surface area contributed by atoms with E-state index in [1.165, 1.54) is 23.5 Å². The highest BCUT2D eigenvalue weighted by atomic mass is 32.2. The van der Waals surface area contributed by atoms with Gasteiger partial charge in [0.15, 0.2) is 0 Å². The number of nitrogens with one attached hydrogen (secondary N) is 2. The zero-order valence-corrected chi connectivity index (χ0v) is 13.2. The number of halogens is 1. The standard InChI is InChI=1S/C14H17FN2O2S2/c1-2-16-10-13-14(6-7-20-13)21(18,19)17-9-11-4-3-5-12(15)8-11/h3-8,16-17H,2,9-10H2,1H3. The maximum absolute atomic E-state index is 13.1. The molecule has 1 aromatic heterocycles. The first-order valence-corrected chi connectivity index (χ1v) is 8.90. The van der Waals surface area contributed by atoms with Crippen LogP contribution in [0.5, 0.6) is 0 Å². The molecule has 0 fully saturated rings. The zero-order valence-electron chi connectivity index (χ0n) is 11.6. The van der Waals surface area contributed by atoms with Crippen LogP contribution in [0.25, 0.3) is 0 Å². The molecule has 0 atom stereocenters. The Labute approximate surface area is 128 Å². The largest absolute Gasteiger partial charge is 0.312 e. The molecule has 114 valence electrons. The molecule has 0 aliphatic heterocycles. The normalized spacial score (nSPS) is 11.7. The van der Waals surface area contributed by atoms with Gasteiger partial charge in [-0.25, -0.2) is 17.5 Å². The van der Waals surface area contributed by atoms with Crippen molar-refractivity contribution in [2.45, 2.75) is 24.9 Å². The molecule has 0 amide bonds. The highest BCUT2D eigenvalue weighted by Crippen LogP contribution is 2.22. The van der Waals surface area contributed by atoms with Crippen LogP contribution < -0.4 is 10.0 Å². The van der Waals surface area contributed by atoms with E-state index < -0.39 is 10.0 Å². The number of benzene rings is 1. The van der Waals surface area contributed by atoms with Crippen molar-refractivity contribution in [3.8, 4) is 0 Å². The second-order valence-electron chi connectivity index (χ2n) is 4.44.